The Morgan fingerprint density at radius 1 is 0.800 bits per heavy atom. The molecule has 0 aromatic rings. The van der Waals surface area contributed by atoms with E-state index in [-0.39, 0.29) is 36.2 Å². The second kappa shape index (κ2) is 19.5. The van der Waals surface area contributed by atoms with Gasteiger partial charge in [-0.05, 0) is 6.42 Å². The van der Waals surface area contributed by atoms with Crippen LogP contribution in [0.3, 0.4) is 0 Å². The number of rotatable bonds is 18. The van der Waals surface area contributed by atoms with E-state index >= 15 is 0 Å². The Hall–Kier alpha value is 0.790. The summed E-state index contributed by atoms with van der Waals surface area (Å²) >= 11 is 0. The van der Waals surface area contributed by atoms with Crippen molar-refractivity contribution in [2.75, 3.05) is 19.8 Å². The molecule has 0 aliphatic heterocycles. The zero-order valence-corrected chi connectivity index (χ0v) is 15.9. The van der Waals surface area contributed by atoms with Crippen LogP contribution in [-0.4, -0.2) is 74.1 Å². The first-order chi connectivity index (χ1) is 11.5. The van der Waals surface area contributed by atoms with E-state index in [1.165, 1.54) is 57.8 Å². The van der Waals surface area contributed by atoms with Gasteiger partial charge in [-0.1, -0.05) is 77.6 Å². The fraction of sp³-hybridized carbons (Fsp3) is 1.00. The van der Waals surface area contributed by atoms with Gasteiger partial charge in [0, 0.05) is 0 Å². The molecule has 0 radical (unpaired) electrons. The molecule has 25 heavy (non-hydrogen) atoms. The zero-order valence-electron chi connectivity index (χ0n) is 15.1. The molecule has 148 valence electrons. The molecule has 0 aliphatic carbocycles. The van der Waals surface area contributed by atoms with Crippen molar-refractivity contribution in [1.29, 1.82) is 0 Å². The first-order valence-corrected chi connectivity index (χ1v) is 10.7. The summed E-state index contributed by atoms with van der Waals surface area (Å²) in [4.78, 5) is 0. The van der Waals surface area contributed by atoms with E-state index in [1.807, 2.05) is 0 Å². The fourth-order valence-electron chi connectivity index (χ4n) is 2.35. The number of hydrogen-bond acceptors (Lipinski definition) is 6. The summed E-state index contributed by atoms with van der Waals surface area (Å²) in [5.74, 6) is 0. The van der Waals surface area contributed by atoms with Crippen molar-refractivity contribution in [1.82, 2.24) is 0 Å². The van der Waals surface area contributed by atoms with Gasteiger partial charge in [-0.25, -0.2) is 8.37 Å². The molecular formula is C17H37NaO6S. The van der Waals surface area contributed by atoms with Crippen LogP contribution in [0.2, 0.25) is 0 Å². The predicted octanol–water partition coefficient (Wildman–Crippen LogP) is 2.67. The summed E-state index contributed by atoms with van der Waals surface area (Å²) in [6, 6.07) is 0. The fourth-order valence-corrected chi connectivity index (χ4v) is 3.07. The minimum absolute atomic E-state index is 0. The number of unbranched alkanes of at least 4 members (excludes halogenated alkanes) is 11. The molecule has 0 fully saturated rings. The molecule has 2 N–H and O–H groups in total. The Morgan fingerprint density at radius 2 is 1.24 bits per heavy atom. The average Bonchev–Trinajstić information content (AvgIpc) is 2.57. The molecule has 0 aromatic heterocycles. The molecule has 1 unspecified atom stereocenters. The van der Waals surface area contributed by atoms with E-state index in [9.17, 15) is 8.42 Å². The van der Waals surface area contributed by atoms with Crippen molar-refractivity contribution < 1.29 is 27.0 Å². The van der Waals surface area contributed by atoms with E-state index in [0.29, 0.717) is 6.42 Å². The van der Waals surface area contributed by atoms with Crippen molar-refractivity contribution >= 4 is 40.0 Å². The Kier molecular flexibility index (Phi) is 21.9. The second-order valence-electron chi connectivity index (χ2n) is 6.24. The molecule has 0 saturated heterocycles. The van der Waals surface area contributed by atoms with Crippen LogP contribution in [0.5, 0.6) is 0 Å². The Bertz CT molecular complexity index is 364. The zero-order chi connectivity index (χ0) is 18.1. The number of aliphatic hydroxyl groups is 2. The molecule has 1 atom stereocenters. The van der Waals surface area contributed by atoms with Gasteiger partial charge in [-0.2, -0.15) is 8.42 Å². The van der Waals surface area contributed by atoms with Gasteiger partial charge in [0.2, 0.25) is 0 Å². The Balaban J connectivity index is 0. The summed E-state index contributed by atoms with van der Waals surface area (Å²) < 4.78 is 31.7. The van der Waals surface area contributed by atoms with Crippen LogP contribution < -0.4 is 0 Å². The molecule has 6 nitrogen and oxygen atoms in total. The summed E-state index contributed by atoms with van der Waals surface area (Å²) in [5, 5.41) is 17.6. The van der Waals surface area contributed by atoms with E-state index in [4.69, 9.17) is 10.2 Å². The van der Waals surface area contributed by atoms with Gasteiger partial charge in [0.25, 0.3) is 0 Å². The van der Waals surface area contributed by atoms with Gasteiger partial charge in [-0.15, -0.1) is 0 Å². The average molecular weight is 393 g/mol. The van der Waals surface area contributed by atoms with Crippen LogP contribution in [0, 0.1) is 0 Å². The standard InChI is InChI=1S/C17H36O6S.Na.H/c1-2-3-4-5-6-7-8-9-10-11-12-13-14-22-24(20,21)23-16-17(19)15-18;;/h17-19H,2-16H2,1H3;;. The third-order valence-electron chi connectivity index (χ3n) is 3.84. The molecule has 8 heteroatoms. The van der Waals surface area contributed by atoms with Gasteiger partial charge in [0.1, 0.15) is 6.10 Å². The second-order valence-corrected chi connectivity index (χ2v) is 7.53. The predicted molar refractivity (Wildman–Crippen MR) is 102 cm³/mol. The molecule has 0 saturated carbocycles. The Labute approximate surface area is 176 Å². The molecule has 0 heterocycles. The summed E-state index contributed by atoms with van der Waals surface area (Å²) in [5.41, 5.74) is 0. The molecular weight excluding hydrogens is 355 g/mol. The van der Waals surface area contributed by atoms with E-state index in [2.05, 4.69) is 15.3 Å². The van der Waals surface area contributed by atoms with E-state index in [0.717, 1.165) is 12.8 Å². The maximum absolute atomic E-state index is 11.3. The maximum atomic E-state index is 11.3. The summed E-state index contributed by atoms with van der Waals surface area (Å²) in [6.07, 6.45) is 13.2. The van der Waals surface area contributed by atoms with Gasteiger partial charge in [0.15, 0.2) is 0 Å². The number of aliphatic hydroxyl groups excluding tert-OH is 2. The molecule has 0 aromatic carbocycles. The molecule has 0 spiro atoms. The van der Waals surface area contributed by atoms with Crippen LogP contribution in [0.1, 0.15) is 84.0 Å². The van der Waals surface area contributed by atoms with Crippen LogP contribution >= 0.6 is 0 Å². The molecule has 0 aliphatic rings. The van der Waals surface area contributed by atoms with Crippen molar-refractivity contribution in [2.24, 2.45) is 0 Å². The third kappa shape index (κ3) is 21.0. The normalized spacial score (nSPS) is 12.8. The van der Waals surface area contributed by atoms with E-state index in [1.54, 1.807) is 0 Å². The first kappa shape index (κ1) is 28.0. The van der Waals surface area contributed by atoms with Gasteiger partial charge in [-0.3, -0.25) is 0 Å². The first-order valence-electron chi connectivity index (χ1n) is 9.34. The van der Waals surface area contributed by atoms with Crippen LogP contribution in [0.15, 0.2) is 0 Å². The van der Waals surface area contributed by atoms with Gasteiger partial charge >= 0.3 is 40.0 Å². The van der Waals surface area contributed by atoms with Crippen molar-refractivity contribution in [3.8, 4) is 0 Å². The van der Waals surface area contributed by atoms with Crippen LogP contribution in [-0.2, 0) is 18.8 Å². The van der Waals surface area contributed by atoms with Crippen LogP contribution in [0.4, 0.5) is 0 Å². The molecule has 0 bridgehead atoms. The van der Waals surface area contributed by atoms with Crippen molar-refractivity contribution in [2.45, 2.75) is 90.1 Å². The van der Waals surface area contributed by atoms with Crippen LogP contribution in [0.25, 0.3) is 0 Å². The minimum atomic E-state index is -4.07. The Morgan fingerprint density at radius 3 is 1.68 bits per heavy atom. The SMILES string of the molecule is CCCCCCCCCCCCCCOS(=O)(=O)OCC(O)CO.[NaH]. The molecule has 0 rings (SSSR count). The third-order valence-corrected chi connectivity index (χ3v) is 4.72. The monoisotopic (exact) mass is 392 g/mol. The van der Waals surface area contributed by atoms with Gasteiger partial charge < -0.3 is 10.2 Å². The van der Waals surface area contributed by atoms with E-state index < -0.39 is 29.7 Å². The summed E-state index contributed by atoms with van der Waals surface area (Å²) in [6.45, 7) is 1.29. The van der Waals surface area contributed by atoms with Crippen molar-refractivity contribution in [3.05, 3.63) is 0 Å². The quantitative estimate of drug-likeness (QED) is 0.275. The van der Waals surface area contributed by atoms with Crippen molar-refractivity contribution in [3.63, 3.8) is 0 Å². The van der Waals surface area contributed by atoms with Gasteiger partial charge in [0.05, 0.1) is 19.8 Å². The topological polar surface area (TPSA) is 93.1 Å². The number of hydrogen-bond donors (Lipinski definition) is 2. The molecule has 0 amide bonds. The summed E-state index contributed by atoms with van der Waals surface area (Å²) in [7, 11) is -4.07.